The van der Waals surface area contributed by atoms with Crippen LogP contribution in [-0.4, -0.2) is 50.2 Å². The molecule has 1 atom stereocenters. The molecule has 0 aliphatic heterocycles. The predicted octanol–water partition coefficient (Wildman–Crippen LogP) is 4.40. The van der Waals surface area contributed by atoms with Gasteiger partial charge in [0.15, 0.2) is 0 Å². The first-order valence-electron chi connectivity index (χ1n) is 11.4. The average Bonchev–Trinajstić information content (AvgIpc) is 3.22. The number of unbranched alkanes of at least 4 members (excludes halogenated alkanes) is 1. The Morgan fingerprint density at radius 1 is 1.18 bits per heavy atom. The highest BCUT2D eigenvalue weighted by Crippen LogP contribution is 2.14. The standard InChI is InChI=1S/C25H34N4O4/c1-5-7-17-27(18-23-9-8-16-26(23)4)25(31)19-28(20(3)6-2)24(30)15-12-21-10-13-22(14-11-21)29(32)33/h8-16,20H,5-7,17-19H2,1-4H3. The molecular weight excluding hydrogens is 420 g/mol. The molecule has 8 nitrogen and oxygen atoms in total. The highest BCUT2D eigenvalue weighted by atomic mass is 16.6. The predicted molar refractivity (Wildman–Crippen MR) is 129 cm³/mol. The van der Waals surface area contributed by atoms with Gasteiger partial charge in [0.1, 0.15) is 6.54 Å². The van der Waals surface area contributed by atoms with Crippen LogP contribution in [0.15, 0.2) is 48.7 Å². The Bertz CT molecular complexity index is 965. The fourth-order valence-electron chi connectivity index (χ4n) is 3.38. The summed E-state index contributed by atoms with van der Waals surface area (Å²) >= 11 is 0. The van der Waals surface area contributed by atoms with Gasteiger partial charge in [0.2, 0.25) is 11.8 Å². The van der Waals surface area contributed by atoms with Crippen molar-refractivity contribution in [1.82, 2.24) is 14.4 Å². The average molecular weight is 455 g/mol. The Hall–Kier alpha value is -3.42. The highest BCUT2D eigenvalue weighted by Gasteiger charge is 2.24. The van der Waals surface area contributed by atoms with Crippen LogP contribution in [0.1, 0.15) is 51.3 Å². The fraction of sp³-hybridized carbons (Fsp3) is 0.440. The number of aromatic nitrogens is 1. The van der Waals surface area contributed by atoms with E-state index in [1.807, 2.05) is 48.7 Å². The molecule has 33 heavy (non-hydrogen) atoms. The minimum Gasteiger partial charge on any atom is -0.353 e. The first-order chi connectivity index (χ1) is 15.8. The number of non-ortho nitro benzene ring substituents is 1. The van der Waals surface area contributed by atoms with Gasteiger partial charge in [-0.15, -0.1) is 0 Å². The third-order valence-electron chi connectivity index (χ3n) is 5.77. The van der Waals surface area contributed by atoms with Gasteiger partial charge in [0.05, 0.1) is 11.5 Å². The summed E-state index contributed by atoms with van der Waals surface area (Å²) in [6.45, 7) is 7.15. The smallest absolute Gasteiger partial charge is 0.269 e. The minimum atomic E-state index is -0.464. The van der Waals surface area contributed by atoms with Crippen molar-refractivity contribution < 1.29 is 14.5 Å². The number of amides is 2. The van der Waals surface area contributed by atoms with Crippen LogP contribution in [0.5, 0.6) is 0 Å². The minimum absolute atomic E-state index is 0.00398. The molecule has 0 saturated heterocycles. The summed E-state index contributed by atoms with van der Waals surface area (Å²) in [6.07, 6.45) is 7.59. The molecule has 8 heteroatoms. The Morgan fingerprint density at radius 2 is 1.88 bits per heavy atom. The third kappa shape index (κ3) is 7.59. The summed E-state index contributed by atoms with van der Waals surface area (Å²) in [4.78, 5) is 40.0. The number of nitrogens with zero attached hydrogens (tertiary/aromatic N) is 4. The Morgan fingerprint density at radius 3 is 2.42 bits per heavy atom. The van der Waals surface area contributed by atoms with Crippen LogP contribution in [0.25, 0.3) is 6.08 Å². The summed E-state index contributed by atoms with van der Waals surface area (Å²) in [5.41, 5.74) is 1.72. The van der Waals surface area contributed by atoms with Crippen molar-refractivity contribution in [3.63, 3.8) is 0 Å². The molecule has 0 fully saturated rings. The first kappa shape index (κ1) is 25.8. The first-order valence-corrected chi connectivity index (χ1v) is 11.4. The van der Waals surface area contributed by atoms with Crippen LogP contribution in [0, 0.1) is 10.1 Å². The molecule has 0 aliphatic rings. The second kappa shape index (κ2) is 12.6. The van der Waals surface area contributed by atoms with E-state index in [0.717, 1.165) is 25.0 Å². The molecule has 2 amide bonds. The summed E-state index contributed by atoms with van der Waals surface area (Å²) < 4.78 is 2.00. The normalized spacial score (nSPS) is 12.0. The van der Waals surface area contributed by atoms with Crippen LogP contribution >= 0.6 is 0 Å². The van der Waals surface area contributed by atoms with Gasteiger partial charge in [-0.1, -0.05) is 20.3 Å². The van der Waals surface area contributed by atoms with Crippen LogP contribution in [0.3, 0.4) is 0 Å². The van der Waals surface area contributed by atoms with E-state index in [0.29, 0.717) is 18.7 Å². The van der Waals surface area contributed by atoms with Gasteiger partial charge in [-0.2, -0.15) is 0 Å². The van der Waals surface area contributed by atoms with Crippen molar-refractivity contribution in [2.45, 2.75) is 52.6 Å². The van der Waals surface area contributed by atoms with Crippen molar-refractivity contribution in [3.05, 3.63) is 70.0 Å². The number of hydrogen-bond acceptors (Lipinski definition) is 4. The van der Waals surface area contributed by atoms with Gasteiger partial charge < -0.3 is 14.4 Å². The topological polar surface area (TPSA) is 88.7 Å². The molecule has 2 aromatic rings. The van der Waals surface area contributed by atoms with E-state index < -0.39 is 4.92 Å². The molecule has 0 N–H and O–H groups in total. The second-order valence-electron chi connectivity index (χ2n) is 8.18. The molecule has 1 unspecified atom stereocenters. The van der Waals surface area contributed by atoms with E-state index >= 15 is 0 Å². The number of rotatable bonds is 12. The number of nitro benzene ring substituents is 1. The SMILES string of the molecule is CCCCN(Cc1cccn1C)C(=O)CN(C(=O)C=Cc1ccc([N+](=O)[O-])cc1)C(C)CC. The monoisotopic (exact) mass is 454 g/mol. The van der Waals surface area contributed by atoms with Crippen molar-refractivity contribution >= 4 is 23.6 Å². The summed E-state index contributed by atoms with van der Waals surface area (Å²) in [6, 6.07) is 9.82. The van der Waals surface area contributed by atoms with Crippen molar-refractivity contribution in [3.8, 4) is 0 Å². The van der Waals surface area contributed by atoms with E-state index in [1.54, 1.807) is 23.1 Å². The van der Waals surface area contributed by atoms with E-state index in [9.17, 15) is 19.7 Å². The number of nitro groups is 1. The number of carbonyl (C=O) groups excluding carboxylic acids is 2. The fourth-order valence-corrected chi connectivity index (χ4v) is 3.38. The number of aryl methyl sites for hydroxylation is 1. The lowest BCUT2D eigenvalue weighted by Gasteiger charge is -2.30. The molecule has 0 radical (unpaired) electrons. The lowest BCUT2D eigenvalue weighted by atomic mass is 10.1. The molecule has 1 aromatic heterocycles. The van der Waals surface area contributed by atoms with Crippen molar-refractivity contribution in [2.75, 3.05) is 13.1 Å². The summed E-state index contributed by atoms with van der Waals surface area (Å²) in [5, 5.41) is 10.8. The van der Waals surface area contributed by atoms with Crippen LogP contribution in [0.4, 0.5) is 5.69 Å². The molecule has 178 valence electrons. The van der Waals surface area contributed by atoms with Gasteiger partial charge in [-0.25, -0.2) is 0 Å². The van der Waals surface area contributed by atoms with E-state index in [2.05, 4.69) is 6.92 Å². The zero-order valence-electron chi connectivity index (χ0n) is 19.9. The summed E-state index contributed by atoms with van der Waals surface area (Å²) in [7, 11) is 1.95. The molecule has 1 aromatic carbocycles. The molecule has 2 rings (SSSR count). The Kier molecular flexibility index (Phi) is 9.84. The molecule has 0 spiro atoms. The van der Waals surface area contributed by atoms with E-state index in [4.69, 9.17) is 0 Å². The largest absolute Gasteiger partial charge is 0.353 e. The van der Waals surface area contributed by atoms with Crippen molar-refractivity contribution in [1.29, 1.82) is 0 Å². The second-order valence-corrected chi connectivity index (χ2v) is 8.18. The van der Waals surface area contributed by atoms with Crippen LogP contribution in [0.2, 0.25) is 0 Å². The maximum atomic E-state index is 13.2. The molecule has 1 heterocycles. The zero-order chi connectivity index (χ0) is 24.4. The van der Waals surface area contributed by atoms with Crippen LogP contribution < -0.4 is 0 Å². The quantitative estimate of drug-likeness (QED) is 0.270. The lowest BCUT2D eigenvalue weighted by Crippen LogP contribution is -2.46. The summed E-state index contributed by atoms with van der Waals surface area (Å²) in [5.74, 6) is -0.340. The van der Waals surface area contributed by atoms with Gasteiger partial charge in [-0.05, 0) is 55.7 Å². The lowest BCUT2D eigenvalue weighted by molar-refractivity contribution is -0.384. The van der Waals surface area contributed by atoms with Gasteiger partial charge in [0.25, 0.3) is 5.69 Å². The van der Waals surface area contributed by atoms with Crippen molar-refractivity contribution in [2.24, 2.45) is 7.05 Å². The van der Waals surface area contributed by atoms with E-state index in [1.165, 1.54) is 18.2 Å². The molecule has 0 aliphatic carbocycles. The number of benzene rings is 1. The maximum Gasteiger partial charge on any atom is 0.269 e. The maximum absolute atomic E-state index is 13.2. The zero-order valence-corrected chi connectivity index (χ0v) is 19.9. The van der Waals surface area contributed by atoms with E-state index in [-0.39, 0.29) is 30.1 Å². The van der Waals surface area contributed by atoms with Gasteiger partial charge in [0, 0.05) is 49.7 Å². The Labute approximate surface area is 195 Å². The highest BCUT2D eigenvalue weighted by molar-refractivity contribution is 5.94. The van der Waals surface area contributed by atoms with Gasteiger partial charge in [-0.3, -0.25) is 19.7 Å². The van der Waals surface area contributed by atoms with Gasteiger partial charge >= 0.3 is 0 Å². The van der Waals surface area contributed by atoms with Crippen LogP contribution in [-0.2, 0) is 23.2 Å². The number of hydrogen-bond donors (Lipinski definition) is 0. The molecule has 0 saturated carbocycles. The Balaban J connectivity index is 2.14. The third-order valence-corrected chi connectivity index (χ3v) is 5.77. The number of carbonyl (C=O) groups is 2. The molecular formula is C25H34N4O4. The molecule has 0 bridgehead atoms.